The van der Waals surface area contributed by atoms with Crippen LogP contribution in [0.2, 0.25) is 0 Å². The number of aryl methyl sites for hydroxylation is 1. The second kappa shape index (κ2) is 9.77. The van der Waals surface area contributed by atoms with Crippen LogP contribution in [-0.4, -0.2) is 19.0 Å². The van der Waals surface area contributed by atoms with Crippen molar-refractivity contribution in [1.29, 1.82) is 0 Å². The van der Waals surface area contributed by atoms with Crippen molar-refractivity contribution in [3.8, 4) is 0 Å². The van der Waals surface area contributed by atoms with Crippen molar-refractivity contribution in [1.82, 2.24) is 5.32 Å². The van der Waals surface area contributed by atoms with Crippen molar-refractivity contribution in [2.45, 2.75) is 32.1 Å². The smallest absolute Gasteiger partial charge is 0.220 e. The molecule has 3 N–H and O–H groups in total. The molecule has 3 nitrogen and oxygen atoms in total. The summed E-state index contributed by atoms with van der Waals surface area (Å²) < 4.78 is 1.33. The Kier molecular flexibility index (Phi) is 8.35. The molecule has 0 aliphatic heterocycles. The van der Waals surface area contributed by atoms with Crippen molar-refractivity contribution in [3.63, 3.8) is 0 Å². The quantitative estimate of drug-likeness (QED) is 0.729. The van der Waals surface area contributed by atoms with E-state index in [0.29, 0.717) is 13.0 Å². The van der Waals surface area contributed by atoms with Crippen LogP contribution in [0.1, 0.15) is 31.2 Å². The van der Waals surface area contributed by atoms with Crippen LogP contribution < -0.4 is 11.1 Å². The van der Waals surface area contributed by atoms with Crippen LogP contribution in [0, 0.1) is 0 Å². The Morgan fingerprint density at radius 1 is 1.19 bits per heavy atom. The standard InChI is InChI=1S/C16H22N2OS.ClH/c17-10-3-4-11-18-16(19)9-5-6-13-12-20-15-8-2-1-7-14(13)15;/h1-2,7-8,12H,3-6,9-11,17H2,(H,18,19);1H. The van der Waals surface area contributed by atoms with E-state index in [4.69, 9.17) is 5.73 Å². The number of rotatable bonds is 8. The molecular weight excluding hydrogens is 304 g/mol. The number of amides is 1. The van der Waals surface area contributed by atoms with Crippen molar-refractivity contribution >= 4 is 39.7 Å². The third-order valence-electron chi connectivity index (χ3n) is 3.36. The van der Waals surface area contributed by atoms with E-state index in [1.165, 1.54) is 15.6 Å². The van der Waals surface area contributed by atoms with E-state index in [9.17, 15) is 4.79 Å². The molecule has 0 radical (unpaired) electrons. The van der Waals surface area contributed by atoms with Crippen LogP contribution in [0.5, 0.6) is 0 Å². The van der Waals surface area contributed by atoms with Gasteiger partial charge in [-0.25, -0.2) is 0 Å². The van der Waals surface area contributed by atoms with E-state index in [2.05, 4.69) is 35.0 Å². The Bertz CT molecular complexity index is 556. The van der Waals surface area contributed by atoms with Gasteiger partial charge >= 0.3 is 0 Å². The first-order valence-electron chi connectivity index (χ1n) is 7.23. The molecule has 0 aliphatic rings. The number of unbranched alkanes of at least 4 members (excludes halogenated alkanes) is 1. The summed E-state index contributed by atoms with van der Waals surface area (Å²) in [5, 5.41) is 6.49. The zero-order valence-corrected chi connectivity index (χ0v) is 13.8. The molecule has 1 aromatic heterocycles. The maximum absolute atomic E-state index is 11.7. The summed E-state index contributed by atoms with van der Waals surface area (Å²) in [6.07, 6.45) is 4.43. The lowest BCUT2D eigenvalue weighted by Crippen LogP contribution is -2.24. The average Bonchev–Trinajstić information content (AvgIpc) is 2.87. The predicted octanol–water partition coefficient (Wildman–Crippen LogP) is 3.50. The van der Waals surface area contributed by atoms with Gasteiger partial charge in [0.25, 0.3) is 0 Å². The molecule has 2 rings (SSSR count). The van der Waals surface area contributed by atoms with E-state index in [0.717, 1.165) is 32.2 Å². The van der Waals surface area contributed by atoms with Crippen molar-refractivity contribution < 1.29 is 4.79 Å². The van der Waals surface area contributed by atoms with Gasteiger partial charge in [-0.15, -0.1) is 23.7 Å². The third kappa shape index (κ3) is 5.65. The lowest BCUT2D eigenvalue weighted by molar-refractivity contribution is -0.121. The highest BCUT2D eigenvalue weighted by molar-refractivity contribution is 7.17. The molecule has 0 bridgehead atoms. The second-order valence-corrected chi connectivity index (χ2v) is 5.87. The molecule has 1 amide bonds. The predicted molar refractivity (Wildman–Crippen MR) is 93.3 cm³/mol. The van der Waals surface area contributed by atoms with Gasteiger partial charge in [0.1, 0.15) is 0 Å². The molecule has 0 unspecified atom stereocenters. The SMILES string of the molecule is Cl.NCCCCNC(=O)CCCc1csc2ccccc12. The van der Waals surface area contributed by atoms with Crippen LogP contribution in [0.15, 0.2) is 29.6 Å². The number of carbonyl (C=O) groups excluding carboxylic acids is 1. The Morgan fingerprint density at radius 3 is 2.81 bits per heavy atom. The zero-order chi connectivity index (χ0) is 14.2. The van der Waals surface area contributed by atoms with Crippen LogP contribution in [0.3, 0.4) is 0 Å². The van der Waals surface area contributed by atoms with Gasteiger partial charge in [0.15, 0.2) is 0 Å². The number of thiophene rings is 1. The topological polar surface area (TPSA) is 55.1 Å². The summed E-state index contributed by atoms with van der Waals surface area (Å²) >= 11 is 1.78. The van der Waals surface area contributed by atoms with Crippen molar-refractivity contribution in [2.24, 2.45) is 5.73 Å². The highest BCUT2D eigenvalue weighted by Gasteiger charge is 2.05. The van der Waals surface area contributed by atoms with E-state index in [1.807, 2.05) is 0 Å². The zero-order valence-electron chi connectivity index (χ0n) is 12.1. The fourth-order valence-corrected chi connectivity index (χ4v) is 3.25. The summed E-state index contributed by atoms with van der Waals surface area (Å²) in [5.74, 6) is 0.154. The summed E-state index contributed by atoms with van der Waals surface area (Å²) in [4.78, 5) is 11.7. The first-order chi connectivity index (χ1) is 9.81. The number of carbonyl (C=O) groups is 1. The number of hydrogen-bond donors (Lipinski definition) is 2. The molecule has 0 fully saturated rings. The molecule has 1 aromatic carbocycles. The van der Waals surface area contributed by atoms with Gasteiger partial charge in [-0.3, -0.25) is 4.79 Å². The summed E-state index contributed by atoms with van der Waals surface area (Å²) in [5.41, 5.74) is 6.78. The maximum atomic E-state index is 11.7. The number of benzene rings is 1. The van der Waals surface area contributed by atoms with Crippen LogP contribution in [0.4, 0.5) is 0 Å². The van der Waals surface area contributed by atoms with Crippen molar-refractivity contribution in [3.05, 3.63) is 35.2 Å². The van der Waals surface area contributed by atoms with Crippen molar-refractivity contribution in [2.75, 3.05) is 13.1 Å². The molecule has 5 heteroatoms. The molecule has 0 atom stereocenters. The minimum absolute atomic E-state index is 0. The molecule has 1 heterocycles. The molecule has 2 aromatic rings. The molecule has 0 saturated heterocycles. The Balaban J connectivity index is 0.00000220. The highest BCUT2D eigenvalue weighted by atomic mass is 35.5. The van der Waals surface area contributed by atoms with Crippen LogP contribution in [0.25, 0.3) is 10.1 Å². The Labute approximate surface area is 136 Å². The molecule has 0 saturated carbocycles. The number of nitrogens with one attached hydrogen (secondary N) is 1. The molecule has 0 spiro atoms. The molecule has 116 valence electrons. The number of nitrogens with two attached hydrogens (primary N) is 1. The first kappa shape index (κ1) is 18.0. The summed E-state index contributed by atoms with van der Waals surface area (Å²) in [6.45, 7) is 1.44. The lowest BCUT2D eigenvalue weighted by Gasteiger charge is -2.04. The molecule has 21 heavy (non-hydrogen) atoms. The fraction of sp³-hybridized carbons (Fsp3) is 0.438. The van der Waals surface area contributed by atoms with E-state index in [1.54, 1.807) is 11.3 Å². The Morgan fingerprint density at radius 2 is 2.00 bits per heavy atom. The summed E-state index contributed by atoms with van der Waals surface area (Å²) in [6, 6.07) is 8.45. The third-order valence-corrected chi connectivity index (χ3v) is 4.38. The molecular formula is C16H23ClN2OS. The Hall–Kier alpha value is -1.10. The van der Waals surface area contributed by atoms with Crippen LogP contribution in [-0.2, 0) is 11.2 Å². The van der Waals surface area contributed by atoms with Gasteiger partial charge < -0.3 is 11.1 Å². The van der Waals surface area contributed by atoms with E-state index in [-0.39, 0.29) is 18.3 Å². The van der Waals surface area contributed by atoms with Gasteiger partial charge in [-0.05, 0) is 54.6 Å². The monoisotopic (exact) mass is 326 g/mol. The molecule has 0 aliphatic carbocycles. The fourth-order valence-electron chi connectivity index (χ4n) is 2.25. The van der Waals surface area contributed by atoms with E-state index >= 15 is 0 Å². The van der Waals surface area contributed by atoms with E-state index < -0.39 is 0 Å². The van der Waals surface area contributed by atoms with Gasteiger partial charge in [0, 0.05) is 17.7 Å². The largest absolute Gasteiger partial charge is 0.356 e. The van der Waals surface area contributed by atoms with Crippen LogP contribution >= 0.6 is 23.7 Å². The normalized spacial score (nSPS) is 10.3. The number of fused-ring (bicyclic) bond motifs is 1. The average molecular weight is 327 g/mol. The van der Waals surface area contributed by atoms with Gasteiger partial charge in [0.2, 0.25) is 5.91 Å². The number of halogens is 1. The lowest BCUT2D eigenvalue weighted by atomic mass is 10.1. The first-order valence-corrected chi connectivity index (χ1v) is 8.11. The minimum Gasteiger partial charge on any atom is -0.356 e. The minimum atomic E-state index is 0. The summed E-state index contributed by atoms with van der Waals surface area (Å²) in [7, 11) is 0. The second-order valence-electron chi connectivity index (χ2n) is 4.96. The van der Waals surface area contributed by atoms with Gasteiger partial charge in [-0.2, -0.15) is 0 Å². The van der Waals surface area contributed by atoms with Gasteiger partial charge in [-0.1, -0.05) is 18.2 Å². The highest BCUT2D eigenvalue weighted by Crippen LogP contribution is 2.26. The maximum Gasteiger partial charge on any atom is 0.220 e. The van der Waals surface area contributed by atoms with Gasteiger partial charge in [0.05, 0.1) is 0 Å². The number of hydrogen-bond acceptors (Lipinski definition) is 3.